The van der Waals surface area contributed by atoms with Crippen LogP contribution < -0.4 is 5.32 Å². The number of fused-ring (bicyclic) bond motifs is 1. The smallest absolute Gasteiger partial charge is 0.274 e. The van der Waals surface area contributed by atoms with Crippen molar-refractivity contribution >= 4 is 22.6 Å². The van der Waals surface area contributed by atoms with Crippen LogP contribution in [0.1, 0.15) is 23.1 Å². The fraction of sp³-hybridized carbons (Fsp3) is 0.158. The molecule has 3 rings (SSSR count). The third-order valence-corrected chi connectivity index (χ3v) is 3.78. The van der Waals surface area contributed by atoms with E-state index in [0.29, 0.717) is 16.6 Å². The zero-order chi connectivity index (χ0) is 18.0. The molecular weight excluding hydrogens is 318 g/mol. The number of rotatable bonds is 4. The van der Waals surface area contributed by atoms with Crippen molar-refractivity contribution < 1.29 is 14.7 Å². The minimum Gasteiger partial charge on any atom is -0.505 e. The van der Waals surface area contributed by atoms with E-state index in [0.717, 1.165) is 11.3 Å². The molecule has 6 heteroatoms. The van der Waals surface area contributed by atoms with Crippen molar-refractivity contribution in [2.45, 2.75) is 13.8 Å². The predicted octanol–water partition coefficient (Wildman–Crippen LogP) is 2.63. The van der Waals surface area contributed by atoms with Gasteiger partial charge in [0.15, 0.2) is 11.4 Å². The number of aryl methyl sites for hydroxylation is 1. The van der Waals surface area contributed by atoms with Crippen LogP contribution in [0.2, 0.25) is 0 Å². The van der Waals surface area contributed by atoms with Crippen LogP contribution in [-0.4, -0.2) is 33.3 Å². The molecule has 0 atom stereocenters. The van der Waals surface area contributed by atoms with E-state index in [9.17, 15) is 14.7 Å². The maximum absolute atomic E-state index is 12.1. The van der Waals surface area contributed by atoms with E-state index in [1.54, 1.807) is 19.1 Å². The Labute approximate surface area is 144 Å². The number of benzene rings is 1. The van der Waals surface area contributed by atoms with Gasteiger partial charge in [-0.25, -0.2) is 9.97 Å². The van der Waals surface area contributed by atoms with Gasteiger partial charge in [0.1, 0.15) is 5.78 Å². The molecule has 0 unspecified atom stereocenters. The van der Waals surface area contributed by atoms with Crippen LogP contribution in [0.15, 0.2) is 42.5 Å². The second kappa shape index (κ2) is 6.68. The Morgan fingerprint density at radius 1 is 1.08 bits per heavy atom. The molecule has 0 radical (unpaired) electrons. The highest BCUT2D eigenvalue weighted by Crippen LogP contribution is 2.30. The average molecular weight is 335 g/mol. The number of pyridine rings is 2. The first kappa shape index (κ1) is 16.6. The fourth-order valence-electron chi connectivity index (χ4n) is 2.54. The van der Waals surface area contributed by atoms with Crippen LogP contribution in [-0.2, 0) is 4.79 Å². The normalized spacial score (nSPS) is 10.6. The molecule has 0 aliphatic rings. The number of nitrogens with zero attached hydrogens (tertiary/aromatic N) is 2. The number of carbonyl (C=O) groups excluding carboxylic acids is 2. The summed E-state index contributed by atoms with van der Waals surface area (Å²) in [6.07, 6.45) is 0. The number of carbonyl (C=O) groups is 2. The first-order valence-electron chi connectivity index (χ1n) is 7.80. The van der Waals surface area contributed by atoms with E-state index in [4.69, 9.17) is 0 Å². The number of aromatic nitrogens is 2. The van der Waals surface area contributed by atoms with Crippen molar-refractivity contribution in [3.63, 3.8) is 0 Å². The second-order valence-electron chi connectivity index (χ2n) is 5.74. The van der Waals surface area contributed by atoms with E-state index >= 15 is 0 Å². The van der Waals surface area contributed by atoms with Crippen LogP contribution in [0, 0.1) is 6.92 Å². The maximum atomic E-state index is 12.1. The molecule has 2 aromatic heterocycles. The number of ketones is 1. The summed E-state index contributed by atoms with van der Waals surface area (Å²) >= 11 is 0. The number of Topliss-reactive ketones (excluding diaryl/α,β-unsaturated/α-hetero) is 1. The molecule has 0 bridgehead atoms. The molecule has 6 nitrogen and oxygen atoms in total. The second-order valence-corrected chi connectivity index (χ2v) is 5.74. The molecule has 0 fully saturated rings. The van der Waals surface area contributed by atoms with Gasteiger partial charge in [0.2, 0.25) is 0 Å². The third-order valence-electron chi connectivity index (χ3n) is 3.78. The summed E-state index contributed by atoms with van der Waals surface area (Å²) in [6, 6.07) is 13.2. The van der Waals surface area contributed by atoms with E-state index in [-0.39, 0.29) is 23.8 Å². The number of amides is 1. The molecule has 126 valence electrons. The molecule has 1 amide bonds. The van der Waals surface area contributed by atoms with Gasteiger partial charge < -0.3 is 10.4 Å². The van der Waals surface area contributed by atoms with Gasteiger partial charge in [0.25, 0.3) is 5.91 Å². The number of aromatic hydroxyl groups is 1. The largest absolute Gasteiger partial charge is 0.505 e. The molecule has 2 N–H and O–H groups in total. The van der Waals surface area contributed by atoms with Crippen molar-refractivity contribution in [2.75, 3.05) is 6.54 Å². The zero-order valence-electron chi connectivity index (χ0n) is 13.9. The quantitative estimate of drug-likeness (QED) is 0.764. The number of hydrogen-bond donors (Lipinski definition) is 2. The van der Waals surface area contributed by atoms with Crippen LogP contribution >= 0.6 is 0 Å². The SMILES string of the molecule is CC(=O)CNC(=O)c1nc(C)c2nc(-c3ccccc3)ccc2c1O. The molecule has 0 aliphatic heterocycles. The van der Waals surface area contributed by atoms with Crippen molar-refractivity contribution in [1.82, 2.24) is 15.3 Å². The Morgan fingerprint density at radius 3 is 2.48 bits per heavy atom. The molecule has 1 aromatic carbocycles. The van der Waals surface area contributed by atoms with Crippen LogP contribution in [0.3, 0.4) is 0 Å². The van der Waals surface area contributed by atoms with Gasteiger partial charge >= 0.3 is 0 Å². The molecule has 3 aromatic rings. The van der Waals surface area contributed by atoms with Crippen molar-refractivity contribution in [2.24, 2.45) is 0 Å². The zero-order valence-corrected chi connectivity index (χ0v) is 13.9. The highest BCUT2D eigenvalue weighted by Gasteiger charge is 2.19. The van der Waals surface area contributed by atoms with E-state index in [1.165, 1.54) is 6.92 Å². The van der Waals surface area contributed by atoms with E-state index < -0.39 is 5.91 Å². The van der Waals surface area contributed by atoms with Gasteiger partial charge in [-0.3, -0.25) is 9.59 Å². The first-order valence-corrected chi connectivity index (χ1v) is 7.80. The van der Waals surface area contributed by atoms with Gasteiger partial charge in [0.05, 0.1) is 23.4 Å². The highest BCUT2D eigenvalue weighted by atomic mass is 16.3. The Bertz CT molecular complexity index is 969. The molecular formula is C19H17N3O3. The first-order chi connectivity index (χ1) is 12.0. The summed E-state index contributed by atoms with van der Waals surface area (Å²) in [5.74, 6) is -1.02. The summed E-state index contributed by atoms with van der Waals surface area (Å²) in [7, 11) is 0. The van der Waals surface area contributed by atoms with E-state index in [1.807, 2.05) is 30.3 Å². The Balaban J connectivity index is 2.06. The van der Waals surface area contributed by atoms with Crippen molar-refractivity contribution in [1.29, 1.82) is 0 Å². The van der Waals surface area contributed by atoms with Crippen molar-refractivity contribution in [3.8, 4) is 17.0 Å². The minimum absolute atomic E-state index is 0.109. The lowest BCUT2D eigenvalue weighted by atomic mass is 10.1. The van der Waals surface area contributed by atoms with Gasteiger partial charge in [0, 0.05) is 10.9 Å². The number of nitrogens with one attached hydrogen (secondary N) is 1. The molecule has 0 saturated heterocycles. The van der Waals surface area contributed by atoms with Crippen LogP contribution in [0.4, 0.5) is 0 Å². The Kier molecular flexibility index (Phi) is 4.43. The summed E-state index contributed by atoms with van der Waals surface area (Å²) < 4.78 is 0. The standard InChI is InChI=1S/C19H17N3O3/c1-11(23)10-20-19(25)17-18(24)14-8-9-15(13-6-4-3-5-7-13)22-16(14)12(2)21-17/h3-9,24H,10H2,1-2H3,(H,20,25). The lowest BCUT2D eigenvalue weighted by Gasteiger charge is -2.10. The van der Waals surface area contributed by atoms with Gasteiger partial charge in [-0.1, -0.05) is 30.3 Å². The molecule has 0 saturated carbocycles. The summed E-state index contributed by atoms with van der Waals surface area (Å²) in [4.78, 5) is 31.9. The van der Waals surface area contributed by atoms with Crippen LogP contribution in [0.5, 0.6) is 5.75 Å². The van der Waals surface area contributed by atoms with Crippen molar-refractivity contribution in [3.05, 3.63) is 53.9 Å². The Morgan fingerprint density at radius 2 is 1.80 bits per heavy atom. The average Bonchev–Trinajstić information content (AvgIpc) is 2.63. The molecule has 2 heterocycles. The summed E-state index contributed by atoms with van der Waals surface area (Å²) in [5.41, 5.74) is 2.65. The topological polar surface area (TPSA) is 92.2 Å². The molecule has 0 spiro atoms. The van der Waals surface area contributed by atoms with E-state index in [2.05, 4.69) is 15.3 Å². The lowest BCUT2D eigenvalue weighted by Crippen LogP contribution is -2.29. The highest BCUT2D eigenvalue weighted by molar-refractivity contribution is 6.02. The lowest BCUT2D eigenvalue weighted by molar-refractivity contribution is -0.116. The fourth-order valence-corrected chi connectivity index (χ4v) is 2.54. The minimum atomic E-state index is -0.593. The van der Waals surface area contributed by atoms with Gasteiger partial charge in [-0.15, -0.1) is 0 Å². The Hall–Kier alpha value is -3.28. The molecule has 25 heavy (non-hydrogen) atoms. The van der Waals surface area contributed by atoms with Crippen LogP contribution in [0.25, 0.3) is 22.2 Å². The maximum Gasteiger partial charge on any atom is 0.274 e. The predicted molar refractivity (Wildman–Crippen MR) is 94.4 cm³/mol. The third kappa shape index (κ3) is 3.33. The molecule has 0 aliphatic carbocycles. The number of hydrogen-bond acceptors (Lipinski definition) is 5. The summed E-state index contributed by atoms with van der Waals surface area (Å²) in [5, 5.41) is 13.3. The monoisotopic (exact) mass is 335 g/mol. The summed E-state index contributed by atoms with van der Waals surface area (Å²) in [6.45, 7) is 2.99. The van der Waals surface area contributed by atoms with Gasteiger partial charge in [-0.2, -0.15) is 0 Å². The van der Waals surface area contributed by atoms with Gasteiger partial charge in [-0.05, 0) is 26.0 Å².